The fraction of sp³-hybridized carbons (Fsp3) is 0.533. The van der Waals surface area contributed by atoms with Crippen LogP contribution in [0.2, 0.25) is 10.0 Å². The summed E-state index contributed by atoms with van der Waals surface area (Å²) < 4.78 is 5.49. The molecule has 1 saturated heterocycles. The fourth-order valence-corrected chi connectivity index (χ4v) is 6.60. The molecule has 194 valence electrons. The molecule has 36 heavy (non-hydrogen) atoms. The van der Waals surface area contributed by atoms with Crippen molar-refractivity contribution in [1.29, 1.82) is 0 Å². The van der Waals surface area contributed by atoms with E-state index in [4.69, 9.17) is 27.9 Å². The molecule has 1 saturated carbocycles. The summed E-state index contributed by atoms with van der Waals surface area (Å²) >= 11 is 13.0. The first-order valence-electron chi connectivity index (χ1n) is 13.6. The second-order valence-corrected chi connectivity index (χ2v) is 11.4. The van der Waals surface area contributed by atoms with Gasteiger partial charge in [-0.15, -0.1) is 0 Å². The zero-order chi connectivity index (χ0) is 24.7. The van der Waals surface area contributed by atoms with Crippen molar-refractivity contribution in [3.8, 4) is 0 Å². The van der Waals surface area contributed by atoms with Gasteiger partial charge in [0, 0.05) is 38.4 Å². The van der Waals surface area contributed by atoms with Crippen molar-refractivity contribution in [2.45, 2.75) is 50.5 Å². The minimum Gasteiger partial charge on any atom is -0.379 e. The van der Waals surface area contributed by atoms with Crippen LogP contribution in [0.1, 0.15) is 49.1 Å². The Morgan fingerprint density at radius 3 is 2.44 bits per heavy atom. The monoisotopic (exact) mass is 527 g/mol. The van der Waals surface area contributed by atoms with Crippen molar-refractivity contribution in [2.24, 2.45) is 5.92 Å². The maximum Gasteiger partial charge on any atom is 0.0681 e. The lowest BCUT2D eigenvalue weighted by atomic mass is 9.73. The van der Waals surface area contributed by atoms with E-state index in [-0.39, 0.29) is 0 Å². The van der Waals surface area contributed by atoms with Gasteiger partial charge in [-0.25, -0.2) is 0 Å². The van der Waals surface area contributed by atoms with Gasteiger partial charge in [-0.2, -0.15) is 0 Å². The Bertz CT molecular complexity index is 1000. The van der Waals surface area contributed by atoms with Crippen LogP contribution in [0.4, 0.5) is 0 Å². The van der Waals surface area contributed by atoms with E-state index >= 15 is 0 Å². The van der Waals surface area contributed by atoms with Gasteiger partial charge in [0.15, 0.2) is 0 Å². The maximum atomic E-state index is 6.63. The van der Waals surface area contributed by atoms with Crippen molar-refractivity contribution in [3.05, 3.63) is 81.5 Å². The van der Waals surface area contributed by atoms with Gasteiger partial charge in [-0.3, -0.25) is 10.2 Å². The minimum absolute atomic E-state index is 0.396. The van der Waals surface area contributed by atoms with E-state index in [1.807, 2.05) is 12.1 Å². The highest BCUT2D eigenvalue weighted by Crippen LogP contribution is 2.40. The topological polar surface area (TPSA) is 27.7 Å². The van der Waals surface area contributed by atoms with Gasteiger partial charge in [0.1, 0.15) is 0 Å². The quantitative estimate of drug-likeness (QED) is 0.432. The van der Waals surface area contributed by atoms with E-state index in [0.717, 1.165) is 64.5 Å². The van der Waals surface area contributed by atoms with Crippen molar-refractivity contribution >= 4 is 23.2 Å². The van der Waals surface area contributed by atoms with Crippen LogP contribution in [0, 0.1) is 5.92 Å². The first-order valence-corrected chi connectivity index (χ1v) is 14.4. The molecular formula is C30H39Cl2N3O. The number of hydrogen-bond acceptors (Lipinski definition) is 4. The first-order chi connectivity index (χ1) is 17.7. The standard InChI is InChI=1S/C30H39Cl2N3O/c31-28-9-4-8-26(29(28)32)20-27-21-35(15-5-14-34-16-18-36-19-17-34)22-33-30(27)25-12-10-24(11-13-25)23-6-2-1-3-7-23/h1-4,6-9,21,24-25,30,33H,5,10-20,22H2. The molecule has 2 heterocycles. The van der Waals surface area contributed by atoms with E-state index in [2.05, 4.69) is 57.7 Å². The van der Waals surface area contributed by atoms with Crippen molar-refractivity contribution < 1.29 is 4.74 Å². The van der Waals surface area contributed by atoms with Crippen LogP contribution in [0.15, 0.2) is 60.3 Å². The molecule has 2 fully saturated rings. The zero-order valence-electron chi connectivity index (χ0n) is 21.2. The summed E-state index contributed by atoms with van der Waals surface area (Å²) in [7, 11) is 0. The third kappa shape index (κ3) is 6.65. The summed E-state index contributed by atoms with van der Waals surface area (Å²) in [5, 5.41) is 5.26. The van der Waals surface area contributed by atoms with E-state index < -0.39 is 0 Å². The van der Waals surface area contributed by atoms with E-state index in [0.29, 0.717) is 27.9 Å². The van der Waals surface area contributed by atoms with Gasteiger partial charge < -0.3 is 9.64 Å². The average Bonchev–Trinajstić information content (AvgIpc) is 2.93. The Labute approximate surface area is 226 Å². The molecule has 0 radical (unpaired) electrons. The Morgan fingerprint density at radius 1 is 0.889 bits per heavy atom. The molecule has 2 aliphatic heterocycles. The van der Waals surface area contributed by atoms with Gasteiger partial charge in [-0.05, 0) is 73.1 Å². The van der Waals surface area contributed by atoms with Gasteiger partial charge in [0.25, 0.3) is 0 Å². The number of benzene rings is 2. The predicted molar refractivity (Wildman–Crippen MR) is 150 cm³/mol. The van der Waals surface area contributed by atoms with Crippen LogP contribution in [0.3, 0.4) is 0 Å². The zero-order valence-corrected chi connectivity index (χ0v) is 22.7. The van der Waals surface area contributed by atoms with Crippen molar-refractivity contribution in [2.75, 3.05) is 46.1 Å². The third-order valence-corrected chi connectivity index (χ3v) is 9.08. The molecule has 0 spiro atoms. The molecule has 6 heteroatoms. The molecule has 1 unspecified atom stereocenters. The molecule has 2 aromatic rings. The number of hydrogen-bond donors (Lipinski definition) is 1. The SMILES string of the molecule is Clc1cccc(CC2=CN(CCCN3CCOCC3)CNC2C2CCC(c3ccccc3)CC2)c1Cl. The highest BCUT2D eigenvalue weighted by molar-refractivity contribution is 6.42. The van der Waals surface area contributed by atoms with Gasteiger partial charge >= 0.3 is 0 Å². The lowest BCUT2D eigenvalue weighted by molar-refractivity contribution is 0.0364. The van der Waals surface area contributed by atoms with Crippen LogP contribution in [-0.4, -0.2) is 61.9 Å². The molecule has 2 aromatic carbocycles. The number of halogens is 2. The molecule has 1 atom stereocenters. The maximum absolute atomic E-state index is 6.63. The number of morpholine rings is 1. The fourth-order valence-electron chi connectivity index (χ4n) is 6.21. The summed E-state index contributed by atoms with van der Waals surface area (Å²) in [6.45, 7) is 6.95. The summed E-state index contributed by atoms with van der Waals surface area (Å²) in [5.41, 5.74) is 4.07. The molecule has 4 nitrogen and oxygen atoms in total. The highest BCUT2D eigenvalue weighted by atomic mass is 35.5. The van der Waals surface area contributed by atoms with E-state index in [1.165, 1.54) is 36.8 Å². The molecule has 0 aromatic heterocycles. The number of rotatable bonds is 8. The summed E-state index contributed by atoms with van der Waals surface area (Å²) in [5.74, 6) is 1.35. The predicted octanol–water partition coefficient (Wildman–Crippen LogP) is 6.35. The molecule has 3 aliphatic rings. The Morgan fingerprint density at radius 2 is 1.67 bits per heavy atom. The van der Waals surface area contributed by atoms with Crippen LogP contribution in [-0.2, 0) is 11.2 Å². The van der Waals surface area contributed by atoms with Crippen LogP contribution >= 0.6 is 23.2 Å². The van der Waals surface area contributed by atoms with Crippen molar-refractivity contribution in [3.63, 3.8) is 0 Å². The van der Waals surface area contributed by atoms with Gasteiger partial charge in [0.2, 0.25) is 0 Å². The van der Waals surface area contributed by atoms with E-state index in [1.54, 1.807) is 0 Å². The molecule has 5 rings (SSSR count). The van der Waals surface area contributed by atoms with Gasteiger partial charge in [-0.1, -0.05) is 65.7 Å². The molecule has 1 N–H and O–H groups in total. The van der Waals surface area contributed by atoms with Crippen molar-refractivity contribution in [1.82, 2.24) is 15.1 Å². The Balaban J connectivity index is 1.25. The van der Waals surface area contributed by atoms with E-state index in [9.17, 15) is 0 Å². The molecule has 0 bridgehead atoms. The second kappa shape index (κ2) is 12.8. The number of nitrogens with one attached hydrogen (secondary N) is 1. The third-order valence-electron chi connectivity index (χ3n) is 8.23. The normalized spacial score (nSPS) is 25.6. The highest BCUT2D eigenvalue weighted by Gasteiger charge is 2.32. The minimum atomic E-state index is 0.396. The lowest BCUT2D eigenvalue weighted by Crippen LogP contribution is -2.49. The lowest BCUT2D eigenvalue weighted by Gasteiger charge is -2.41. The summed E-state index contributed by atoms with van der Waals surface area (Å²) in [6, 6.07) is 17.5. The largest absolute Gasteiger partial charge is 0.379 e. The Hall–Kier alpha value is -1.56. The van der Waals surface area contributed by atoms with Crippen LogP contribution in [0.25, 0.3) is 0 Å². The first kappa shape index (κ1) is 26.1. The smallest absolute Gasteiger partial charge is 0.0681 e. The summed E-state index contributed by atoms with van der Waals surface area (Å²) in [6.07, 6.45) is 9.49. The number of ether oxygens (including phenoxy) is 1. The second-order valence-electron chi connectivity index (χ2n) is 10.6. The molecule has 0 amide bonds. The number of nitrogens with zero attached hydrogens (tertiary/aromatic N) is 2. The van der Waals surface area contributed by atoms with Gasteiger partial charge in [0.05, 0.1) is 29.9 Å². The van der Waals surface area contributed by atoms with Crippen LogP contribution in [0.5, 0.6) is 0 Å². The summed E-state index contributed by atoms with van der Waals surface area (Å²) in [4.78, 5) is 4.98. The average molecular weight is 529 g/mol. The molecular weight excluding hydrogens is 489 g/mol. The Kier molecular flexibility index (Phi) is 9.26. The molecule has 1 aliphatic carbocycles. The van der Waals surface area contributed by atoms with Crippen LogP contribution < -0.4 is 5.32 Å².